The van der Waals surface area contributed by atoms with Crippen molar-refractivity contribution >= 4 is 6.09 Å². The average Bonchev–Trinajstić information content (AvgIpc) is 3.67. The molecule has 1 amide bonds. The number of alkyl carbamates (subject to hydrolysis) is 1. The lowest BCUT2D eigenvalue weighted by Gasteiger charge is -2.44. The Morgan fingerprint density at radius 3 is 2.66 bits per heavy atom. The van der Waals surface area contributed by atoms with Crippen molar-refractivity contribution in [2.75, 3.05) is 40.0 Å². The van der Waals surface area contributed by atoms with Gasteiger partial charge in [0.1, 0.15) is 18.5 Å². The van der Waals surface area contributed by atoms with Gasteiger partial charge in [-0.25, -0.2) is 4.79 Å². The summed E-state index contributed by atoms with van der Waals surface area (Å²) in [7, 11) is 1.68. The van der Waals surface area contributed by atoms with E-state index < -0.39 is 0 Å². The summed E-state index contributed by atoms with van der Waals surface area (Å²) in [4.78, 5) is 15.5. The van der Waals surface area contributed by atoms with Crippen molar-refractivity contribution in [2.24, 2.45) is 11.3 Å². The number of piperidine rings is 3. The van der Waals surface area contributed by atoms with Gasteiger partial charge >= 0.3 is 6.09 Å². The van der Waals surface area contributed by atoms with Gasteiger partial charge in [0.15, 0.2) is 0 Å². The van der Waals surface area contributed by atoms with E-state index in [1.165, 1.54) is 24.0 Å². The van der Waals surface area contributed by atoms with E-state index >= 15 is 0 Å². The lowest BCUT2D eigenvalue weighted by molar-refractivity contribution is -0.0347. The number of carbonyl (C=O) groups is 1. The first-order valence-corrected chi connectivity index (χ1v) is 13.2. The van der Waals surface area contributed by atoms with E-state index in [0.717, 1.165) is 62.2 Å². The molecule has 2 atom stereocenters. The first kappa shape index (κ1) is 22.9. The normalized spacial score (nSPS) is 27.8. The minimum absolute atomic E-state index is 0.0297. The molecule has 186 valence electrons. The van der Waals surface area contributed by atoms with Crippen molar-refractivity contribution in [1.29, 1.82) is 0 Å². The number of para-hydroxylation sites is 1. The Bertz CT molecular complexity index is 1070. The number of rotatable bonds is 7. The molecule has 1 saturated carbocycles. The van der Waals surface area contributed by atoms with Crippen LogP contribution in [-0.4, -0.2) is 57.1 Å². The molecule has 1 unspecified atom stereocenters. The number of ether oxygens (including phenoxy) is 3. The van der Waals surface area contributed by atoms with Crippen molar-refractivity contribution in [2.45, 2.75) is 50.7 Å². The van der Waals surface area contributed by atoms with Gasteiger partial charge in [0.25, 0.3) is 0 Å². The van der Waals surface area contributed by atoms with Gasteiger partial charge < -0.3 is 19.5 Å². The molecule has 4 fully saturated rings. The minimum Gasteiger partial charge on any atom is -0.491 e. The second-order valence-electron chi connectivity index (χ2n) is 10.8. The van der Waals surface area contributed by atoms with Crippen LogP contribution in [0.15, 0.2) is 42.5 Å². The molecule has 2 aromatic rings. The van der Waals surface area contributed by atoms with Gasteiger partial charge in [0.05, 0.1) is 12.6 Å². The van der Waals surface area contributed by atoms with Crippen LogP contribution in [0.3, 0.4) is 0 Å². The first-order valence-electron chi connectivity index (χ1n) is 13.2. The minimum atomic E-state index is -0.242. The number of carbonyl (C=O) groups excluding carboxylic acids is 1. The van der Waals surface area contributed by atoms with Crippen LogP contribution in [0.4, 0.5) is 4.79 Å². The summed E-state index contributed by atoms with van der Waals surface area (Å²) in [6.45, 7) is 4.26. The molecular formula is C29H36N2O4. The van der Waals surface area contributed by atoms with Gasteiger partial charge in [0, 0.05) is 19.2 Å². The molecule has 3 heterocycles. The number of aryl methyl sites for hydroxylation is 1. The number of hydrogen-bond acceptors (Lipinski definition) is 5. The van der Waals surface area contributed by atoms with Crippen LogP contribution in [0.5, 0.6) is 5.75 Å². The zero-order chi connectivity index (χ0) is 23.8. The Morgan fingerprint density at radius 1 is 1.09 bits per heavy atom. The lowest BCUT2D eigenvalue weighted by Crippen LogP contribution is -2.53. The molecule has 35 heavy (non-hydrogen) atoms. The maximum Gasteiger partial charge on any atom is 0.407 e. The topological polar surface area (TPSA) is 60.0 Å². The van der Waals surface area contributed by atoms with Gasteiger partial charge in [-0.05, 0) is 85.7 Å². The van der Waals surface area contributed by atoms with Crippen molar-refractivity contribution in [1.82, 2.24) is 10.2 Å². The van der Waals surface area contributed by atoms with E-state index in [4.69, 9.17) is 14.2 Å². The third kappa shape index (κ3) is 4.54. The molecular weight excluding hydrogens is 440 g/mol. The molecule has 0 aromatic heterocycles. The Morgan fingerprint density at radius 2 is 1.91 bits per heavy atom. The highest BCUT2D eigenvalue weighted by Crippen LogP contribution is 2.61. The fourth-order valence-electron chi connectivity index (χ4n) is 6.46. The maximum atomic E-state index is 13.1. The summed E-state index contributed by atoms with van der Waals surface area (Å²) in [6, 6.07) is 14.9. The van der Waals surface area contributed by atoms with Gasteiger partial charge in [-0.2, -0.15) is 0 Å². The molecule has 7 rings (SSSR count). The summed E-state index contributed by atoms with van der Waals surface area (Å²) in [5.41, 5.74) is 5.01. The van der Waals surface area contributed by atoms with Crippen molar-refractivity contribution in [3.8, 4) is 16.9 Å². The van der Waals surface area contributed by atoms with Gasteiger partial charge in [0.2, 0.25) is 0 Å². The Hall–Kier alpha value is -2.57. The predicted molar refractivity (Wildman–Crippen MR) is 135 cm³/mol. The van der Waals surface area contributed by atoms with Crippen LogP contribution in [0.25, 0.3) is 11.1 Å². The first-order chi connectivity index (χ1) is 17.1. The Balaban J connectivity index is 1.21. The fourth-order valence-corrected chi connectivity index (χ4v) is 6.46. The highest BCUT2D eigenvalue weighted by molar-refractivity contribution is 5.73. The predicted octanol–water partition coefficient (Wildman–Crippen LogP) is 4.97. The average molecular weight is 477 g/mol. The summed E-state index contributed by atoms with van der Waals surface area (Å²) in [6.07, 6.45) is 6.59. The summed E-state index contributed by atoms with van der Waals surface area (Å²) in [5, 5.41) is 3.32. The molecule has 2 bridgehead atoms. The van der Waals surface area contributed by atoms with Gasteiger partial charge in [-0.3, -0.25) is 4.90 Å². The zero-order valence-electron chi connectivity index (χ0n) is 20.6. The number of nitrogens with zero attached hydrogens (tertiary/aromatic N) is 1. The SMILES string of the molecule is COCCOc1ccccc1-c1ccc2c(c1)CCC1(CC1)C2NC(=O)O[C@@H]1CN2CCC1CC2. The number of nitrogens with one attached hydrogen (secondary N) is 1. The monoisotopic (exact) mass is 476 g/mol. The van der Waals surface area contributed by atoms with Crippen LogP contribution < -0.4 is 10.1 Å². The second-order valence-corrected chi connectivity index (χ2v) is 10.8. The number of amides is 1. The van der Waals surface area contributed by atoms with Crippen molar-refractivity contribution < 1.29 is 19.0 Å². The van der Waals surface area contributed by atoms with E-state index in [9.17, 15) is 4.79 Å². The molecule has 2 aliphatic carbocycles. The molecule has 3 saturated heterocycles. The van der Waals surface area contributed by atoms with Crippen LogP contribution in [-0.2, 0) is 15.9 Å². The zero-order valence-corrected chi connectivity index (χ0v) is 20.6. The van der Waals surface area contributed by atoms with Gasteiger partial charge in [-0.1, -0.05) is 36.4 Å². The summed E-state index contributed by atoms with van der Waals surface area (Å²) >= 11 is 0. The van der Waals surface area contributed by atoms with Crippen LogP contribution in [0, 0.1) is 11.3 Å². The quantitative estimate of drug-likeness (QED) is 0.572. The van der Waals surface area contributed by atoms with E-state index in [1.54, 1.807) is 7.11 Å². The number of benzene rings is 2. The van der Waals surface area contributed by atoms with Crippen molar-refractivity contribution in [3.05, 3.63) is 53.6 Å². The van der Waals surface area contributed by atoms with E-state index in [-0.39, 0.29) is 23.7 Å². The smallest absolute Gasteiger partial charge is 0.407 e. The van der Waals surface area contributed by atoms with Crippen LogP contribution >= 0.6 is 0 Å². The molecule has 1 spiro atoms. The van der Waals surface area contributed by atoms with E-state index in [2.05, 4.69) is 34.5 Å². The highest BCUT2D eigenvalue weighted by Gasteiger charge is 2.53. The van der Waals surface area contributed by atoms with E-state index in [0.29, 0.717) is 19.1 Å². The molecule has 5 aliphatic rings. The molecule has 2 aromatic carbocycles. The molecule has 1 N–H and O–H groups in total. The highest BCUT2D eigenvalue weighted by atomic mass is 16.6. The Kier molecular flexibility index (Phi) is 6.19. The molecule has 0 radical (unpaired) electrons. The Labute approximate surface area is 207 Å². The van der Waals surface area contributed by atoms with Crippen molar-refractivity contribution in [3.63, 3.8) is 0 Å². The number of methoxy groups -OCH3 is 1. The third-order valence-corrected chi connectivity index (χ3v) is 8.71. The number of fused-ring (bicyclic) bond motifs is 4. The standard InChI is InChI=1S/C29H36N2O4/c1-33-16-17-34-25-5-3-2-4-23(25)21-6-7-24-22(18-21)8-11-29(12-13-29)27(24)30-28(32)35-26-19-31-14-9-20(26)10-15-31/h2-7,18,20,26-27H,8-17,19H2,1H3,(H,30,32)/t26-,27?/m1/s1. The second kappa shape index (κ2) is 9.47. The molecule has 6 nitrogen and oxygen atoms in total. The van der Waals surface area contributed by atoms with Crippen LogP contribution in [0.1, 0.15) is 49.3 Å². The summed E-state index contributed by atoms with van der Waals surface area (Å²) in [5.74, 6) is 1.39. The fraction of sp³-hybridized carbons (Fsp3) is 0.552. The molecule has 6 heteroatoms. The van der Waals surface area contributed by atoms with E-state index in [1.807, 2.05) is 18.2 Å². The van der Waals surface area contributed by atoms with Crippen LogP contribution in [0.2, 0.25) is 0 Å². The lowest BCUT2D eigenvalue weighted by atomic mass is 9.76. The largest absolute Gasteiger partial charge is 0.491 e. The van der Waals surface area contributed by atoms with Gasteiger partial charge in [-0.15, -0.1) is 0 Å². The maximum absolute atomic E-state index is 13.1. The third-order valence-electron chi connectivity index (χ3n) is 8.71. The number of hydrogen-bond donors (Lipinski definition) is 1. The molecule has 3 aliphatic heterocycles. The summed E-state index contributed by atoms with van der Waals surface area (Å²) < 4.78 is 17.1.